The van der Waals surface area contributed by atoms with Gasteiger partial charge in [-0.05, 0) is 31.5 Å². The fourth-order valence-corrected chi connectivity index (χ4v) is 3.16. The first-order chi connectivity index (χ1) is 13.6. The second-order valence-corrected chi connectivity index (χ2v) is 6.52. The van der Waals surface area contributed by atoms with Gasteiger partial charge in [-0.25, -0.2) is 9.97 Å². The van der Waals surface area contributed by atoms with Crippen LogP contribution >= 0.6 is 0 Å². The molecule has 0 saturated carbocycles. The van der Waals surface area contributed by atoms with Gasteiger partial charge in [-0.3, -0.25) is 10.1 Å². The van der Waals surface area contributed by atoms with Gasteiger partial charge in [0.1, 0.15) is 23.1 Å². The molecule has 0 bridgehead atoms. The van der Waals surface area contributed by atoms with Gasteiger partial charge >= 0.3 is 0 Å². The number of nitro groups is 1. The highest BCUT2D eigenvalue weighted by atomic mass is 16.6. The average molecular weight is 377 g/mol. The van der Waals surface area contributed by atoms with Gasteiger partial charge in [-0.1, -0.05) is 12.1 Å². The highest BCUT2D eigenvalue weighted by Crippen LogP contribution is 2.32. The van der Waals surface area contributed by atoms with Crippen molar-refractivity contribution in [3.8, 4) is 11.5 Å². The number of anilines is 2. The molecule has 1 aromatic heterocycles. The first-order valence-electron chi connectivity index (χ1n) is 8.95. The van der Waals surface area contributed by atoms with Crippen LogP contribution in [0.1, 0.15) is 23.9 Å². The number of aromatic nitrogens is 2. The second-order valence-electron chi connectivity index (χ2n) is 6.52. The Hall–Kier alpha value is -3.68. The summed E-state index contributed by atoms with van der Waals surface area (Å²) < 4.78 is 5.80. The van der Waals surface area contributed by atoms with Crippen molar-refractivity contribution in [1.82, 2.24) is 9.97 Å². The Kier molecular flexibility index (Phi) is 4.76. The fourth-order valence-electron chi connectivity index (χ4n) is 3.16. The van der Waals surface area contributed by atoms with E-state index < -0.39 is 4.92 Å². The molecule has 8 heteroatoms. The molecule has 1 aliphatic rings. The maximum absolute atomic E-state index is 10.9. The molecular formula is C20H19N5O3. The molecule has 0 saturated heterocycles. The molecule has 1 unspecified atom stereocenters. The fraction of sp³-hybridized carbons (Fsp3) is 0.200. The number of hydrogen-bond acceptors (Lipinski definition) is 7. The van der Waals surface area contributed by atoms with Crippen molar-refractivity contribution in [1.29, 1.82) is 0 Å². The normalized spacial score (nSPS) is 15.2. The van der Waals surface area contributed by atoms with Crippen molar-refractivity contribution in [2.24, 2.45) is 0 Å². The molecule has 3 aromatic rings. The van der Waals surface area contributed by atoms with Crippen molar-refractivity contribution in [2.45, 2.75) is 19.4 Å². The lowest BCUT2D eigenvalue weighted by molar-refractivity contribution is -0.384. The third kappa shape index (κ3) is 3.85. The SMILES string of the molecule is Cc1ncc2c(n1)NCCC2Nc1cccc(Oc2cccc([N+](=O)[O-])c2)c1. The zero-order valence-electron chi connectivity index (χ0n) is 15.3. The molecular weight excluding hydrogens is 358 g/mol. The number of rotatable bonds is 5. The van der Waals surface area contributed by atoms with Crippen LogP contribution < -0.4 is 15.4 Å². The molecule has 0 spiro atoms. The predicted molar refractivity (Wildman–Crippen MR) is 106 cm³/mol. The van der Waals surface area contributed by atoms with E-state index in [9.17, 15) is 10.1 Å². The number of hydrogen-bond donors (Lipinski definition) is 2. The molecule has 4 rings (SSSR count). The maximum atomic E-state index is 10.9. The number of fused-ring (bicyclic) bond motifs is 1. The summed E-state index contributed by atoms with van der Waals surface area (Å²) in [5, 5.41) is 17.7. The summed E-state index contributed by atoms with van der Waals surface area (Å²) >= 11 is 0. The number of aryl methyl sites for hydroxylation is 1. The summed E-state index contributed by atoms with van der Waals surface area (Å²) in [5.74, 6) is 2.61. The van der Waals surface area contributed by atoms with Crippen molar-refractivity contribution >= 4 is 17.2 Å². The lowest BCUT2D eigenvalue weighted by Gasteiger charge is -2.27. The number of ether oxygens (including phenoxy) is 1. The van der Waals surface area contributed by atoms with Crippen LogP contribution in [-0.4, -0.2) is 21.4 Å². The van der Waals surface area contributed by atoms with Crippen LogP contribution in [0.3, 0.4) is 0 Å². The van der Waals surface area contributed by atoms with Gasteiger partial charge in [0.25, 0.3) is 5.69 Å². The first-order valence-corrected chi connectivity index (χ1v) is 8.95. The standard InChI is InChI=1S/C20H19N5O3/c1-13-22-12-18-19(8-9-21-20(18)23-13)24-14-4-2-6-16(10-14)28-17-7-3-5-15(11-17)25(26)27/h2-7,10-12,19,24H,8-9H2,1H3,(H,21,22,23). The summed E-state index contributed by atoms with van der Waals surface area (Å²) in [6.07, 6.45) is 2.75. The van der Waals surface area contributed by atoms with E-state index in [4.69, 9.17) is 4.74 Å². The number of non-ortho nitro benzene ring substituents is 1. The molecule has 28 heavy (non-hydrogen) atoms. The minimum atomic E-state index is -0.441. The third-order valence-electron chi connectivity index (χ3n) is 4.48. The van der Waals surface area contributed by atoms with Crippen LogP contribution in [0.4, 0.5) is 17.2 Å². The highest BCUT2D eigenvalue weighted by Gasteiger charge is 2.21. The van der Waals surface area contributed by atoms with Gasteiger partial charge in [0.15, 0.2) is 0 Å². The minimum Gasteiger partial charge on any atom is -0.457 e. The van der Waals surface area contributed by atoms with Crippen molar-refractivity contribution < 1.29 is 9.66 Å². The zero-order valence-corrected chi connectivity index (χ0v) is 15.3. The van der Waals surface area contributed by atoms with Gasteiger partial charge in [0.2, 0.25) is 0 Å². The van der Waals surface area contributed by atoms with Crippen LogP contribution in [0.5, 0.6) is 11.5 Å². The summed E-state index contributed by atoms with van der Waals surface area (Å²) in [6, 6.07) is 13.7. The average Bonchev–Trinajstić information content (AvgIpc) is 2.68. The molecule has 0 fully saturated rings. The molecule has 8 nitrogen and oxygen atoms in total. The number of nitrogens with one attached hydrogen (secondary N) is 2. The monoisotopic (exact) mass is 377 g/mol. The first kappa shape index (κ1) is 17.7. The zero-order chi connectivity index (χ0) is 19.5. The molecule has 2 aromatic carbocycles. The third-order valence-corrected chi connectivity index (χ3v) is 4.48. The van der Waals surface area contributed by atoms with Gasteiger partial charge in [0.05, 0.1) is 17.0 Å². The van der Waals surface area contributed by atoms with Crippen LogP contribution in [0, 0.1) is 17.0 Å². The van der Waals surface area contributed by atoms with Crippen molar-refractivity contribution in [2.75, 3.05) is 17.2 Å². The van der Waals surface area contributed by atoms with Crippen LogP contribution in [-0.2, 0) is 0 Å². The Balaban J connectivity index is 1.52. The molecule has 2 N–H and O–H groups in total. The predicted octanol–water partition coefficient (Wildman–Crippen LogP) is 4.45. The van der Waals surface area contributed by atoms with E-state index in [1.165, 1.54) is 12.1 Å². The smallest absolute Gasteiger partial charge is 0.273 e. The van der Waals surface area contributed by atoms with E-state index in [-0.39, 0.29) is 11.7 Å². The number of nitrogens with zero attached hydrogens (tertiary/aromatic N) is 3. The summed E-state index contributed by atoms with van der Waals surface area (Å²) in [5.41, 5.74) is 1.91. The Morgan fingerprint density at radius 1 is 1.21 bits per heavy atom. The number of benzene rings is 2. The molecule has 1 aliphatic heterocycles. The Morgan fingerprint density at radius 3 is 2.82 bits per heavy atom. The molecule has 142 valence electrons. The lowest BCUT2D eigenvalue weighted by Crippen LogP contribution is -2.23. The minimum absolute atomic E-state index is 0.00612. The van der Waals surface area contributed by atoms with E-state index in [1.54, 1.807) is 12.1 Å². The van der Waals surface area contributed by atoms with E-state index in [0.717, 1.165) is 35.9 Å². The Morgan fingerprint density at radius 2 is 2.00 bits per heavy atom. The molecule has 0 aliphatic carbocycles. The van der Waals surface area contributed by atoms with Crippen LogP contribution in [0.2, 0.25) is 0 Å². The molecule has 2 heterocycles. The van der Waals surface area contributed by atoms with E-state index in [2.05, 4.69) is 20.6 Å². The largest absolute Gasteiger partial charge is 0.457 e. The summed E-state index contributed by atoms with van der Waals surface area (Å²) in [7, 11) is 0. The van der Waals surface area contributed by atoms with Gasteiger partial charge in [-0.15, -0.1) is 0 Å². The van der Waals surface area contributed by atoms with Crippen LogP contribution in [0.15, 0.2) is 54.7 Å². The van der Waals surface area contributed by atoms with E-state index in [1.807, 2.05) is 37.4 Å². The van der Waals surface area contributed by atoms with E-state index >= 15 is 0 Å². The highest BCUT2D eigenvalue weighted by molar-refractivity contribution is 5.55. The van der Waals surface area contributed by atoms with Crippen molar-refractivity contribution in [3.63, 3.8) is 0 Å². The molecule has 1 atom stereocenters. The quantitative estimate of drug-likeness (QED) is 0.500. The van der Waals surface area contributed by atoms with Gasteiger partial charge < -0.3 is 15.4 Å². The van der Waals surface area contributed by atoms with Crippen molar-refractivity contribution in [3.05, 3.63) is 76.2 Å². The lowest BCUT2D eigenvalue weighted by atomic mass is 10.0. The summed E-state index contributed by atoms with van der Waals surface area (Å²) in [6.45, 7) is 2.69. The molecule has 0 radical (unpaired) electrons. The van der Waals surface area contributed by atoms with Gasteiger partial charge in [0, 0.05) is 36.1 Å². The number of nitro benzene ring substituents is 1. The Bertz CT molecular complexity index is 1020. The Labute approximate surface area is 161 Å². The van der Waals surface area contributed by atoms with Crippen LogP contribution in [0.25, 0.3) is 0 Å². The maximum Gasteiger partial charge on any atom is 0.273 e. The summed E-state index contributed by atoms with van der Waals surface area (Å²) in [4.78, 5) is 19.3. The topological polar surface area (TPSA) is 102 Å². The van der Waals surface area contributed by atoms with E-state index in [0.29, 0.717) is 11.5 Å². The molecule has 0 amide bonds. The van der Waals surface area contributed by atoms with Gasteiger partial charge in [-0.2, -0.15) is 0 Å². The second kappa shape index (κ2) is 7.51.